The number of hydrogen-bond acceptors (Lipinski definition) is 8. The molecule has 1 aliphatic heterocycles. The Labute approximate surface area is 222 Å². The van der Waals surface area contributed by atoms with Crippen LogP contribution in [-0.4, -0.2) is 38.9 Å². The van der Waals surface area contributed by atoms with Crippen LogP contribution in [0.1, 0.15) is 23.4 Å². The number of thiophene rings is 1. The van der Waals surface area contributed by atoms with E-state index in [1.165, 1.54) is 11.9 Å². The summed E-state index contributed by atoms with van der Waals surface area (Å²) in [5.74, 6) is 0.248. The number of aromatic amines is 2. The Bertz CT molecular complexity index is 1470. The van der Waals surface area contributed by atoms with Crippen LogP contribution in [0.5, 0.6) is 0 Å². The smallest absolute Gasteiger partial charge is 0.326 e. The lowest BCUT2D eigenvalue weighted by atomic mass is 10.0. The van der Waals surface area contributed by atoms with Crippen LogP contribution in [0.4, 0.5) is 0 Å². The molecule has 2 aromatic carbocycles. The maximum Gasteiger partial charge on any atom is 0.326 e. The largest absolute Gasteiger partial charge is 0.496 e. The van der Waals surface area contributed by atoms with Crippen molar-refractivity contribution >= 4 is 34.2 Å². The zero-order valence-corrected chi connectivity index (χ0v) is 21.8. The number of benzene rings is 2. The summed E-state index contributed by atoms with van der Waals surface area (Å²) in [5.41, 5.74) is 0.423. The maximum absolute atomic E-state index is 12.3. The molecule has 192 valence electrons. The van der Waals surface area contributed by atoms with Gasteiger partial charge in [-0.05, 0) is 53.2 Å². The number of ether oxygens (including phenoxy) is 1. The van der Waals surface area contributed by atoms with Gasteiger partial charge in [0.05, 0.1) is 23.2 Å². The topological polar surface area (TPSA) is 110 Å². The molecule has 3 unspecified atom stereocenters. The van der Waals surface area contributed by atoms with E-state index in [-0.39, 0.29) is 12.0 Å². The third-order valence-electron chi connectivity index (χ3n) is 6.42. The van der Waals surface area contributed by atoms with Crippen molar-refractivity contribution in [3.8, 4) is 0 Å². The zero-order chi connectivity index (χ0) is 25.8. The number of hydrogen-bond donors (Lipinski definition) is 4. The average molecular weight is 537 g/mol. The van der Waals surface area contributed by atoms with Gasteiger partial charge in [-0.3, -0.25) is 14.7 Å². The minimum atomic E-state index is -0.867. The number of aliphatic hydroxyl groups is 1. The van der Waals surface area contributed by atoms with Gasteiger partial charge < -0.3 is 14.8 Å². The van der Waals surface area contributed by atoms with E-state index in [1.54, 1.807) is 29.7 Å². The lowest BCUT2D eigenvalue weighted by Crippen LogP contribution is -2.46. The van der Waals surface area contributed by atoms with Crippen LogP contribution in [0.2, 0.25) is 0 Å². The second-order valence-corrected chi connectivity index (χ2v) is 11.0. The van der Waals surface area contributed by atoms with Crippen molar-refractivity contribution in [2.75, 3.05) is 6.54 Å². The highest BCUT2D eigenvalue weighted by molar-refractivity contribution is 7.97. The Morgan fingerprint density at radius 2 is 1.97 bits per heavy atom. The molecule has 0 saturated carbocycles. The van der Waals surface area contributed by atoms with Crippen LogP contribution < -0.4 is 16.0 Å². The van der Waals surface area contributed by atoms with Crippen LogP contribution >= 0.6 is 23.3 Å². The number of nitrogens with zero attached hydrogens (tertiary/aromatic N) is 1. The second kappa shape index (κ2) is 11.5. The van der Waals surface area contributed by atoms with Gasteiger partial charge in [0.1, 0.15) is 12.3 Å². The molecule has 1 aliphatic rings. The molecule has 0 spiro atoms. The number of fused-ring (bicyclic) bond motifs is 1. The molecule has 4 aromatic rings. The Morgan fingerprint density at radius 3 is 2.70 bits per heavy atom. The second-order valence-electron chi connectivity index (χ2n) is 9.01. The van der Waals surface area contributed by atoms with Crippen molar-refractivity contribution in [1.29, 1.82) is 0 Å². The summed E-state index contributed by atoms with van der Waals surface area (Å²) in [6.07, 6.45) is 2.86. The van der Waals surface area contributed by atoms with E-state index >= 15 is 0 Å². The van der Waals surface area contributed by atoms with E-state index in [9.17, 15) is 14.7 Å². The molecule has 0 radical (unpaired) electrons. The van der Waals surface area contributed by atoms with Gasteiger partial charge in [0, 0.05) is 28.8 Å². The maximum atomic E-state index is 12.3. The van der Waals surface area contributed by atoms with Crippen molar-refractivity contribution < 1.29 is 9.84 Å². The summed E-state index contributed by atoms with van der Waals surface area (Å²) in [7, 11) is 0. The van der Waals surface area contributed by atoms with Crippen LogP contribution in [-0.2, 0) is 11.3 Å². The summed E-state index contributed by atoms with van der Waals surface area (Å²) in [5, 5.41) is 14.2. The average Bonchev–Trinajstić information content (AvgIpc) is 3.56. The number of nitrogens with one attached hydrogen (secondary N) is 3. The highest BCUT2D eigenvalue weighted by Crippen LogP contribution is 2.29. The first-order valence-electron chi connectivity index (χ1n) is 12.0. The van der Waals surface area contributed by atoms with Crippen molar-refractivity contribution in [2.24, 2.45) is 5.92 Å². The molecule has 5 rings (SSSR count). The highest BCUT2D eigenvalue weighted by atomic mass is 32.2. The number of rotatable bonds is 10. The van der Waals surface area contributed by atoms with E-state index in [2.05, 4.69) is 27.7 Å². The summed E-state index contributed by atoms with van der Waals surface area (Å²) in [4.78, 5) is 32.7. The summed E-state index contributed by atoms with van der Waals surface area (Å²) >= 11 is 2.98. The van der Waals surface area contributed by atoms with E-state index in [0.29, 0.717) is 24.0 Å². The van der Waals surface area contributed by atoms with Crippen LogP contribution in [0.25, 0.3) is 10.9 Å². The molecule has 10 heteroatoms. The Hall–Kier alpha value is -3.15. The van der Waals surface area contributed by atoms with Gasteiger partial charge in [0.2, 0.25) is 0 Å². The standard InChI is InChI=1S/C27H28N4O4S2/c1-17-11-12-35-23(17)16-31(15-20-8-5-13-36-20)26(33)24(18-6-3-2-4-7-18)30-37-19-9-10-22-21(14-19)25(32)29-27(34)28-22/h2-14,17,23-24,26,30,33H,15-16H2,1H3,(H2,28,29,32,34)/t17?,23?,24-,26?/m0/s1. The van der Waals surface area contributed by atoms with Gasteiger partial charge in [-0.25, -0.2) is 9.52 Å². The normalized spacial score (nSPS) is 18.8. The number of H-pyrrole nitrogens is 2. The van der Waals surface area contributed by atoms with E-state index < -0.39 is 23.5 Å². The molecule has 0 bridgehead atoms. The molecule has 2 aromatic heterocycles. The number of aromatic nitrogens is 2. The summed E-state index contributed by atoms with van der Waals surface area (Å²) in [6, 6.07) is 18.7. The van der Waals surface area contributed by atoms with E-state index in [0.717, 1.165) is 15.3 Å². The van der Waals surface area contributed by atoms with Gasteiger partial charge in [-0.15, -0.1) is 11.3 Å². The van der Waals surface area contributed by atoms with Gasteiger partial charge in [0.15, 0.2) is 0 Å². The van der Waals surface area contributed by atoms with Crippen molar-refractivity contribution in [2.45, 2.75) is 36.7 Å². The zero-order valence-electron chi connectivity index (χ0n) is 20.2. The van der Waals surface area contributed by atoms with Crippen molar-refractivity contribution in [3.05, 3.63) is 110 Å². The predicted octanol–water partition coefficient (Wildman–Crippen LogP) is 3.99. The Balaban J connectivity index is 1.41. The van der Waals surface area contributed by atoms with Crippen molar-refractivity contribution in [1.82, 2.24) is 19.6 Å². The Morgan fingerprint density at radius 1 is 1.14 bits per heavy atom. The fourth-order valence-electron chi connectivity index (χ4n) is 4.34. The van der Waals surface area contributed by atoms with Gasteiger partial charge in [0.25, 0.3) is 5.56 Å². The van der Waals surface area contributed by atoms with Gasteiger partial charge >= 0.3 is 5.69 Å². The molecule has 8 nitrogen and oxygen atoms in total. The molecule has 3 heterocycles. The molecule has 4 N–H and O–H groups in total. The first-order valence-corrected chi connectivity index (χ1v) is 13.7. The van der Waals surface area contributed by atoms with Crippen LogP contribution in [0, 0.1) is 5.92 Å². The third-order valence-corrected chi connectivity index (χ3v) is 8.14. The Kier molecular flexibility index (Phi) is 7.92. The van der Waals surface area contributed by atoms with Gasteiger partial charge in [-0.2, -0.15) is 0 Å². The number of aliphatic hydroxyl groups excluding tert-OH is 1. The molecule has 0 amide bonds. The quantitative estimate of drug-likeness (QED) is 0.179. The van der Waals surface area contributed by atoms with Crippen LogP contribution in [0.3, 0.4) is 0 Å². The van der Waals surface area contributed by atoms with Gasteiger partial charge in [-0.1, -0.05) is 43.3 Å². The van der Waals surface area contributed by atoms with E-state index in [1.807, 2.05) is 58.8 Å². The highest BCUT2D eigenvalue weighted by Gasteiger charge is 2.32. The summed E-state index contributed by atoms with van der Waals surface area (Å²) < 4.78 is 9.26. The molecular weight excluding hydrogens is 508 g/mol. The van der Waals surface area contributed by atoms with E-state index in [4.69, 9.17) is 4.74 Å². The third kappa shape index (κ3) is 6.06. The lowest BCUT2D eigenvalue weighted by molar-refractivity contribution is -0.0493. The monoisotopic (exact) mass is 536 g/mol. The SMILES string of the molecule is CC1C=COC1CN(Cc1cccs1)C(O)[C@@H](NSc1ccc2[nH]c(=O)[nH]c(=O)c2c1)c1ccccc1. The first-order chi connectivity index (χ1) is 18.0. The summed E-state index contributed by atoms with van der Waals surface area (Å²) in [6.45, 7) is 3.25. The fourth-order valence-corrected chi connectivity index (χ4v) is 5.90. The molecule has 37 heavy (non-hydrogen) atoms. The minimum absolute atomic E-state index is 0.0481. The lowest BCUT2D eigenvalue weighted by Gasteiger charge is -2.35. The molecule has 4 atom stereocenters. The fraction of sp³-hybridized carbons (Fsp3) is 0.259. The molecule has 0 saturated heterocycles. The molecule has 0 fully saturated rings. The van der Waals surface area contributed by atoms with Crippen molar-refractivity contribution in [3.63, 3.8) is 0 Å². The minimum Gasteiger partial charge on any atom is -0.496 e. The van der Waals surface area contributed by atoms with Crippen LogP contribution in [0.15, 0.2) is 92.9 Å². The molecular formula is C27H28N4O4S2. The predicted molar refractivity (Wildman–Crippen MR) is 147 cm³/mol. The molecule has 0 aliphatic carbocycles. The first kappa shape index (κ1) is 25.5.